The second-order valence-corrected chi connectivity index (χ2v) is 21.4. The Labute approximate surface area is 522 Å². The fourth-order valence-electron chi connectivity index (χ4n) is 9.18. The number of phenols is 4. The monoisotopic (exact) mass is 1220 g/mol. The Hall–Kier alpha value is -7.06. The number of ether oxygens (including phenoxy) is 8. The zero-order chi connectivity index (χ0) is 62.5. The van der Waals surface area contributed by atoms with Gasteiger partial charge >= 0.3 is 0 Å². The summed E-state index contributed by atoms with van der Waals surface area (Å²) in [5, 5.41) is 62.7. The molecule has 6 N–H and O–H groups in total. The van der Waals surface area contributed by atoms with Crippen LogP contribution in [-0.4, -0.2) is 148 Å². The van der Waals surface area contributed by atoms with Crippen molar-refractivity contribution in [1.82, 2.24) is 0 Å². The Morgan fingerprint density at radius 3 is 0.784 bits per heavy atom. The van der Waals surface area contributed by atoms with Crippen LogP contribution in [0.3, 0.4) is 0 Å². The summed E-state index contributed by atoms with van der Waals surface area (Å²) in [7, 11) is 0. The fraction of sp³-hybridized carbons (Fsp3) is 0.514. The normalized spacial score (nSPS) is 11.8. The van der Waals surface area contributed by atoms with Crippen molar-refractivity contribution in [3.8, 4) is 46.0 Å². The Balaban J connectivity index is 1.40. The third-order valence-corrected chi connectivity index (χ3v) is 14.2. The predicted molar refractivity (Wildman–Crippen MR) is 351 cm³/mol. The maximum absolute atomic E-state index is 11.3. The largest absolute Gasteiger partial charge is 0.507 e. The average Bonchev–Trinajstić information content (AvgIpc) is 3.07. The number of benzene rings is 5. The molecule has 0 aliphatic rings. The van der Waals surface area contributed by atoms with Crippen LogP contribution >= 0.6 is 0 Å². The lowest BCUT2D eigenvalue weighted by Gasteiger charge is -2.10. The SMILES string of the molecule is CCCCCCCCCCCCOc1ccc(C=Nc2cc(N=Cc3ccc(OCCOCCOCCO)cc3O)c(N=Cc3ccc(OCCOCCOCCO)cc3O)cc2N=Cc2ccc(OCCCCCCCCCCCC)cc2O)c(O)c1. The van der Waals surface area contributed by atoms with Crippen LogP contribution in [0, 0.1) is 0 Å². The van der Waals surface area contributed by atoms with Crippen LogP contribution in [0.5, 0.6) is 46.0 Å². The van der Waals surface area contributed by atoms with E-state index in [0.29, 0.717) is 108 Å². The number of aliphatic hydroxyl groups excluding tert-OH is 2. The van der Waals surface area contributed by atoms with Gasteiger partial charge in [0.05, 0.1) is 102 Å². The van der Waals surface area contributed by atoms with Crippen LogP contribution in [0.25, 0.3) is 0 Å². The minimum atomic E-state index is -0.101. The van der Waals surface area contributed by atoms with Crippen LogP contribution in [0.1, 0.15) is 165 Å². The van der Waals surface area contributed by atoms with Gasteiger partial charge in [0.25, 0.3) is 0 Å². The van der Waals surface area contributed by atoms with Gasteiger partial charge in [0, 0.05) is 71.4 Å². The molecule has 5 rings (SSSR count). The van der Waals surface area contributed by atoms with Gasteiger partial charge in [-0.15, -0.1) is 0 Å². The van der Waals surface area contributed by atoms with Gasteiger partial charge in [-0.25, -0.2) is 0 Å². The third-order valence-electron chi connectivity index (χ3n) is 14.2. The third kappa shape index (κ3) is 29.8. The minimum Gasteiger partial charge on any atom is -0.507 e. The molecule has 0 aromatic heterocycles. The molecule has 0 atom stereocenters. The highest BCUT2D eigenvalue weighted by atomic mass is 16.6. The van der Waals surface area contributed by atoms with Gasteiger partial charge in [0.2, 0.25) is 0 Å². The smallest absolute Gasteiger partial charge is 0.128 e. The summed E-state index contributed by atoms with van der Waals surface area (Å²) in [5.41, 5.74) is 2.82. The van der Waals surface area contributed by atoms with Crippen molar-refractivity contribution >= 4 is 47.6 Å². The fourth-order valence-corrected chi connectivity index (χ4v) is 9.18. The van der Waals surface area contributed by atoms with Gasteiger partial charge in [-0.2, -0.15) is 0 Å². The summed E-state index contributed by atoms with van der Waals surface area (Å²) in [6, 6.07) is 23.2. The van der Waals surface area contributed by atoms with Crippen molar-refractivity contribution in [1.29, 1.82) is 0 Å². The first kappa shape index (κ1) is 71.7. The highest BCUT2D eigenvalue weighted by Crippen LogP contribution is 2.41. The highest BCUT2D eigenvalue weighted by Gasteiger charge is 2.13. The number of phenolic OH excluding ortho intramolecular Hbond substituents is 4. The number of hydrogen-bond acceptors (Lipinski definition) is 18. The van der Waals surface area contributed by atoms with Gasteiger partial charge in [0.15, 0.2) is 0 Å². The molecule has 0 unspecified atom stereocenters. The number of rotatable bonds is 50. The molecule has 5 aromatic carbocycles. The molecule has 18 nitrogen and oxygen atoms in total. The Bertz CT molecular complexity index is 2640. The summed E-state index contributed by atoms with van der Waals surface area (Å²) in [6.45, 7) is 8.36. The molecule has 0 fully saturated rings. The molecule has 88 heavy (non-hydrogen) atoms. The number of nitrogens with zero attached hydrogens (tertiary/aromatic N) is 4. The van der Waals surface area contributed by atoms with Crippen molar-refractivity contribution < 1.29 is 68.5 Å². The zero-order valence-electron chi connectivity index (χ0n) is 52.2. The van der Waals surface area contributed by atoms with Gasteiger partial charge in [0.1, 0.15) is 59.2 Å². The molecule has 0 saturated heterocycles. The molecule has 0 aliphatic carbocycles. The van der Waals surface area contributed by atoms with E-state index in [0.717, 1.165) is 25.7 Å². The summed E-state index contributed by atoms with van der Waals surface area (Å²) in [4.78, 5) is 19.3. The first-order chi connectivity index (χ1) is 43.2. The van der Waals surface area contributed by atoms with Crippen LogP contribution in [0.2, 0.25) is 0 Å². The second-order valence-electron chi connectivity index (χ2n) is 21.4. The van der Waals surface area contributed by atoms with E-state index >= 15 is 0 Å². The molecular weight excluding hydrogens is 1120 g/mol. The van der Waals surface area contributed by atoms with Crippen molar-refractivity contribution in [3.63, 3.8) is 0 Å². The summed E-state index contributed by atoms with van der Waals surface area (Å²) in [5.74, 6) is 1.67. The number of aliphatic hydroxyl groups is 2. The van der Waals surface area contributed by atoms with Crippen LogP contribution < -0.4 is 18.9 Å². The van der Waals surface area contributed by atoms with Crippen LogP contribution in [0.4, 0.5) is 22.7 Å². The number of aliphatic imine (C=N–C) groups is 4. The van der Waals surface area contributed by atoms with E-state index in [9.17, 15) is 20.4 Å². The number of aromatic hydroxyl groups is 4. The zero-order valence-corrected chi connectivity index (χ0v) is 52.2. The summed E-state index contributed by atoms with van der Waals surface area (Å²) >= 11 is 0. The standard InChI is InChI=1S/C70H98N4O14/c1-3-5-7-9-11-13-15-17-19-21-33-85-59-27-23-55(67(77)45-59)51-71-63-49-65(73-53-57-25-29-61(47-69(57)79)87-43-41-83-39-37-81-35-31-75)66(74-54-58-26-30-62(48-70(58)80)88-44-42-84-40-38-82-36-32-76)50-64(63)72-52-56-24-28-60(46-68(56)78)86-34-22-20-18-16-14-12-10-8-6-4-2/h23-30,45-54,75-80H,3-22,31-44H2,1-2H3. The first-order valence-corrected chi connectivity index (χ1v) is 31.9. The molecule has 0 saturated carbocycles. The van der Waals surface area contributed by atoms with Crippen LogP contribution in [0.15, 0.2) is 105 Å². The maximum atomic E-state index is 11.3. The van der Waals surface area contributed by atoms with Crippen molar-refractivity contribution in [2.75, 3.05) is 92.5 Å². The van der Waals surface area contributed by atoms with Gasteiger partial charge < -0.3 is 68.5 Å². The quantitative estimate of drug-likeness (QED) is 0.0157. The molecule has 0 radical (unpaired) electrons. The molecule has 0 heterocycles. The van der Waals surface area contributed by atoms with Crippen molar-refractivity contribution in [2.24, 2.45) is 20.0 Å². The Kier molecular flexibility index (Phi) is 36.9. The molecule has 5 aromatic rings. The summed E-state index contributed by atoms with van der Waals surface area (Å²) in [6.07, 6.45) is 30.4. The Morgan fingerprint density at radius 1 is 0.284 bits per heavy atom. The average molecular weight is 1220 g/mol. The lowest BCUT2D eigenvalue weighted by Crippen LogP contribution is -2.11. The molecule has 0 bridgehead atoms. The van der Waals surface area contributed by atoms with Crippen molar-refractivity contribution in [3.05, 3.63) is 107 Å². The molecule has 0 aliphatic heterocycles. The van der Waals surface area contributed by atoms with E-state index < -0.39 is 0 Å². The predicted octanol–water partition coefficient (Wildman–Crippen LogP) is 14.9. The molecule has 18 heteroatoms. The van der Waals surface area contributed by atoms with Gasteiger partial charge in [-0.3, -0.25) is 20.0 Å². The molecule has 0 spiro atoms. The molecular formula is C70H98N4O14. The van der Waals surface area contributed by atoms with E-state index in [1.165, 1.54) is 140 Å². The lowest BCUT2D eigenvalue weighted by molar-refractivity contribution is 0.0247. The molecule has 0 amide bonds. The van der Waals surface area contributed by atoms with E-state index in [4.69, 9.17) is 68.1 Å². The number of hydrogen-bond donors (Lipinski definition) is 6. The topological polar surface area (TPSA) is 245 Å². The lowest BCUT2D eigenvalue weighted by atomic mass is 10.1. The van der Waals surface area contributed by atoms with Gasteiger partial charge in [-0.1, -0.05) is 129 Å². The number of unbranched alkanes of at least 4 members (excludes halogenated alkanes) is 18. The minimum absolute atomic E-state index is 0.0292. The van der Waals surface area contributed by atoms with E-state index in [1.807, 2.05) is 0 Å². The van der Waals surface area contributed by atoms with E-state index in [2.05, 4.69) is 13.8 Å². The van der Waals surface area contributed by atoms with E-state index in [1.54, 1.807) is 72.8 Å². The maximum Gasteiger partial charge on any atom is 0.128 e. The first-order valence-electron chi connectivity index (χ1n) is 31.9. The summed E-state index contributed by atoms with van der Waals surface area (Å²) < 4.78 is 45.2. The molecule has 482 valence electrons. The van der Waals surface area contributed by atoms with Gasteiger partial charge in [-0.05, 0) is 73.5 Å². The van der Waals surface area contributed by atoms with Crippen LogP contribution in [-0.2, 0) is 18.9 Å². The second kappa shape index (κ2) is 45.2. The van der Waals surface area contributed by atoms with E-state index in [-0.39, 0.29) is 75.9 Å². The Morgan fingerprint density at radius 2 is 0.523 bits per heavy atom. The van der Waals surface area contributed by atoms with Crippen molar-refractivity contribution in [2.45, 2.75) is 142 Å². The highest BCUT2D eigenvalue weighted by molar-refractivity contribution is 5.95.